The predicted molar refractivity (Wildman–Crippen MR) is 97.2 cm³/mol. The van der Waals surface area contributed by atoms with Crippen molar-refractivity contribution in [3.63, 3.8) is 0 Å². The second kappa shape index (κ2) is 6.75. The molecular weight excluding hydrogens is 298 g/mol. The number of piperazine rings is 1. The van der Waals surface area contributed by atoms with E-state index in [0.717, 1.165) is 45.8 Å². The van der Waals surface area contributed by atoms with Gasteiger partial charge in [-0.3, -0.25) is 9.69 Å². The van der Waals surface area contributed by atoms with Crippen molar-refractivity contribution in [2.75, 3.05) is 50.7 Å². The van der Waals surface area contributed by atoms with Crippen molar-refractivity contribution < 1.29 is 4.79 Å². The van der Waals surface area contributed by atoms with Crippen LogP contribution in [-0.4, -0.2) is 61.5 Å². The molecule has 4 rings (SSSR count). The molecule has 1 spiro atoms. The highest BCUT2D eigenvalue weighted by atomic mass is 16.2. The maximum atomic E-state index is 12.5. The third kappa shape index (κ3) is 3.30. The molecular formula is C20H29N3O. The third-order valence-corrected chi connectivity index (χ3v) is 6.34. The Kier molecular flexibility index (Phi) is 4.49. The Morgan fingerprint density at radius 3 is 2.33 bits per heavy atom. The summed E-state index contributed by atoms with van der Waals surface area (Å²) >= 11 is 0. The third-order valence-electron chi connectivity index (χ3n) is 6.34. The number of likely N-dealkylation sites (tertiary alicyclic amines) is 1. The maximum absolute atomic E-state index is 12.5. The van der Waals surface area contributed by atoms with Crippen LogP contribution in [0.5, 0.6) is 0 Å². The number of benzene rings is 1. The first kappa shape index (κ1) is 15.9. The van der Waals surface area contributed by atoms with Gasteiger partial charge in [-0.2, -0.15) is 0 Å². The molecule has 2 heterocycles. The number of hydrogen-bond acceptors (Lipinski definition) is 3. The zero-order valence-corrected chi connectivity index (χ0v) is 14.6. The van der Waals surface area contributed by atoms with E-state index in [9.17, 15) is 4.79 Å². The SMILES string of the molecule is O=C(CCN1CCN(c2ccccc2)CC1)N1CCC2(CCC2)C1. The van der Waals surface area contributed by atoms with Gasteiger partial charge in [0.05, 0.1) is 0 Å². The molecule has 1 aromatic rings. The van der Waals surface area contributed by atoms with Crippen molar-refractivity contribution in [3.8, 4) is 0 Å². The van der Waals surface area contributed by atoms with E-state index >= 15 is 0 Å². The molecule has 4 heteroatoms. The van der Waals surface area contributed by atoms with Crippen LogP contribution in [0, 0.1) is 5.41 Å². The molecule has 0 radical (unpaired) electrons. The fraction of sp³-hybridized carbons (Fsp3) is 0.650. The average Bonchev–Trinajstić information content (AvgIpc) is 3.07. The summed E-state index contributed by atoms with van der Waals surface area (Å²) in [5.41, 5.74) is 1.84. The molecule has 1 aliphatic carbocycles. The lowest BCUT2D eigenvalue weighted by Crippen LogP contribution is -2.47. The van der Waals surface area contributed by atoms with Gasteiger partial charge in [0.2, 0.25) is 5.91 Å². The normalized spacial score (nSPS) is 23.5. The first-order valence-corrected chi connectivity index (χ1v) is 9.54. The Morgan fingerprint density at radius 1 is 0.958 bits per heavy atom. The summed E-state index contributed by atoms with van der Waals surface area (Å²) < 4.78 is 0. The van der Waals surface area contributed by atoms with E-state index in [1.165, 1.54) is 31.4 Å². The summed E-state index contributed by atoms with van der Waals surface area (Å²) in [4.78, 5) is 19.5. The summed E-state index contributed by atoms with van der Waals surface area (Å²) in [5.74, 6) is 0.379. The molecule has 0 atom stereocenters. The maximum Gasteiger partial charge on any atom is 0.223 e. The highest BCUT2D eigenvalue weighted by molar-refractivity contribution is 5.76. The number of amides is 1. The smallest absolute Gasteiger partial charge is 0.223 e. The summed E-state index contributed by atoms with van der Waals surface area (Å²) in [6.45, 7) is 7.20. The zero-order valence-electron chi connectivity index (χ0n) is 14.6. The van der Waals surface area contributed by atoms with Gasteiger partial charge in [0.25, 0.3) is 0 Å². The van der Waals surface area contributed by atoms with Gasteiger partial charge in [-0.25, -0.2) is 0 Å². The Bertz CT molecular complexity index is 562. The van der Waals surface area contributed by atoms with Gasteiger partial charge in [0, 0.05) is 57.9 Å². The quantitative estimate of drug-likeness (QED) is 0.850. The van der Waals surface area contributed by atoms with Crippen LogP contribution in [0.2, 0.25) is 0 Å². The van der Waals surface area contributed by atoms with Gasteiger partial charge in [-0.15, -0.1) is 0 Å². The minimum atomic E-state index is 0.379. The number of para-hydroxylation sites is 1. The van der Waals surface area contributed by atoms with Crippen LogP contribution in [0.4, 0.5) is 5.69 Å². The molecule has 1 aromatic carbocycles. The molecule has 3 aliphatic rings. The van der Waals surface area contributed by atoms with E-state index in [0.29, 0.717) is 17.7 Å². The number of rotatable bonds is 4. The van der Waals surface area contributed by atoms with E-state index in [1.54, 1.807) is 0 Å². The molecule has 0 unspecified atom stereocenters. The van der Waals surface area contributed by atoms with Crippen LogP contribution in [0.1, 0.15) is 32.1 Å². The Hall–Kier alpha value is -1.55. The molecule has 2 saturated heterocycles. The molecule has 0 bridgehead atoms. The fourth-order valence-corrected chi connectivity index (χ4v) is 4.51. The van der Waals surface area contributed by atoms with Gasteiger partial charge in [0.1, 0.15) is 0 Å². The average molecular weight is 327 g/mol. The fourth-order valence-electron chi connectivity index (χ4n) is 4.51. The topological polar surface area (TPSA) is 26.8 Å². The van der Waals surface area contributed by atoms with Crippen LogP contribution in [-0.2, 0) is 4.79 Å². The minimum absolute atomic E-state index is 0.379. The number of anilines is 1. The Morgan fingerprint density at radius 2 is 1.71 bits per heavy atom. The summed E-state index contributed by atoms with van der Waals surface area (Å²) in [6.07, 6.45) is 6.00. The van der Waals surface area contributed by atoms with Crippen LogP contribution in [0.3, 0.4) is 0 Å². The van der Waals surface area contributed by atoms with Crippen molar-refractivity contribution >= 4 is 11.6 Å². The first-order valence-electron chi connectivity index (χ1n) is 9.54. The molecule has 24 heavy (non-hydrogen) atoms. The second-order valence-corrected chi connectivity index (χ2v) is 7.83. The van der Waals surface area contributed by atoms with E-state index < -0.39 is 0 Å². The minimum Gasteiger partial charge on any atom is -0.369 e. The molecule has 0 aromatic heterocycles. The van der Waals surface area contributed by atoms with Crippen LogP contribution in [0.25, 0.3) is 0 Å². The number of hydrogen-bond donors (Lipinski definition) is 0. The lowest BCUT2D eigenvalue weighted by molar-refractivity contribution is -0.131. The summed E-state index contributed by atoms with van der Waals surface area (Å²) in [7, 11) is 0. The molecule has 130 valence electrons. The standard InChI is InChI=1S/C20H29N3O/c24-19(23-12-10-20(17-23)8-4-9-20)7-11-21-13-15-22(16-14-21)18-5-2-1-3-6-18/h1-3,5-6H,4,7-17H2. The largest absolute Gasteiger partial charge is 0.369 e. The number of carbonyl (C=O) groups is 1. The monoisotopic (exact) mass is 327 g/mol. The van der Waals surface area contributed by atoms with Gasteiger partial charge >= 0.3 is 0 Å². The van der Waals surface area contributed by atoms with Crippen molar-refractivity contribution in [2.24, 2.45) is 5.41 Å². The van der Waals surface area contributed by atoms with Gasteiger partial charge < -0.3 is 9.80 Å². The zero-order chi connectivity index (χ0) is 16.4. The van der Waals surface area contributed by atoms with Crippen molar-refractivity contribution in [2.45, 2.75) is 32.1 Å². The van der Waals surface area contributed by atoms with Crippen LogP contribution < -0.4 is 4.90 Å². The van der Waals surface area contributed by atoms with Crippen molar-refractivity contribution in [1.29, 1.82) is 0 Å². The molecule has 0 N–H and O–H groups in total. The van der Waals surface area contributed by atoms with E-state index in [2.05, 4.69) is 45.0 Å². The predicted octanol–water partition coefficient (Wildman–Crippen LogP) is 2.60. The van der Waals surface area contributed by atoms with Crippen LogP contribution >= 0.6 is 0 Å². The van der Waals surface area contributed by atoms with E-state index in [1.807, 2.05) is 0 Å². The molecule has 4 nitrogen and oxygen atoms in total. The van der Waals surface area contributed by atoms with Crippen molar-refractivity contribution in [3.05, 3.63) is 30.3 Å². The summed E-state index contributed by atoms with van der Waals surface area (Å²) in [6, 6.07) is 10.6. The highest BCUT2D eigenvalue weighted by Crippen LogP contribution is 2.47. The molecule has 1 saturated carbocycles. The Balaban J connectivity index is 1.20. The number of carbonyl (C=O) groups excluding carboxylic acids is 1. The van der Waals surface area contributed by atoms with Crippen LogP contribution in [0.15, 0.2) is 30.3 Å². The lowest BCUT2D eigenvalue weighted by Gasteiger charge is -2.38. The molecule has 1 amide bonds. The highest BCUT2D eigenvalue weighted by Gasteiger charge is 2.43. The van der Waals surface area contributed by atoms with Gasteiger partial charge in [-0.1, -0.05) is 24.6 Å². The lowest BCUT2D eigenvalue weighted by atomic mass is 9.68. The van der Waals surface area contributed by atoms with Gasteiger partial charge in [0.15, 0.2) is 0 Å². The second-order valence-electron chi connectivity index (χ2n) is 7.83. The molecule has 2 aliphatic heterocycles. The first-order chi connectivity index (χ1) is 11.7. The van der Waals surface area contributed by atoms with Crippen molar-refractivity contribution in [1.82, 2.24) is 9.80 Å². The van der Waals surface area contributed by atoms with E-state index in [4.69, 9.17) is 0 Å². The molecule has 3 fully saturated rings. The summed E-state index contributed by atoms with van der Waals surface area (Å²) in [5, 5.41) is 0. The number of nitrogens with zero attached hydrogens (tertiary/aromatic N) is 3. The Labute approximate surface area is 145 Å². The van der Waals surface area contributed by atoms with Gasteiger partial charge in [-0.05, 0) is 36.8 Å². The van der Waals surface area contributed by atoms with E-state index in [-0.39, 0.29) is 0 Å².